The van der Waals surface area contributed by atoms with Crippen molar-refractivity contribution in [2.24, 2.45) is 0 Å². The van der Waals surface area contributed by atoms with Gasteiger partial charge in [-0.3, -0.25) is 0 Å². The third-order valence-electron chi connectivity index (χ3n) is 3.63. The van der Waals surface area contributed by atoms with Crippen molar-refractivity contribution in [3.05, 3.63) is 35.1 Å². The maximum absolute atomic E-state index is 13.2. The summed E-state index contributed by atoms with van der Waals surface area (Å²) in [7, 11) is 0. The van der Waals surface area contributed by atoms with Crippen molar-refractivity contribution >= 4 is 0 Å². The lowest BCUT2D eigenvalue weighted by molar-refractivity contribution is 0.325. The number of aryl methyl sites for hydroxylation is 1. The van der Waals surface area contributed by atoms with Crippen LogP contribution in [0.4, 0.5) is 4.39 Å². The smallest absolute Gasteiger partial charge is 0.123 e. The summed E-state index contributed by atoms with van der Waals surface area (Å²) in [5.41, 5.74) is 2.57. The minimum absolute atomic E-state index is 0.123. The molecule has 88 valence electrons. The standard InChI is InChI=1S/C14H20FN/c1-4-14(2,3)16-13-8-6-10-5-7-11(15)9-12(10)13/h5,7,9,13,16H,4,6,8H2,1-3H3. The fourth-order valence-electron chi connectivity index (χ4n) is 2.30. The fraction of sp³-hybridized carbons (Fsp3) is 0.571. The minimum Gasteiger partial charge on any atom is -0.305 e. The van der Waals surface area contributed by atoms with Gasteiger partial charge in [0.1, 0.15) is 5.82 Å². The first-order chi connectivity index (χ1) is 7.52. The van der Waals surface area contributed by atoms with E-state index in [-0.39, 0.29) is 11.4 Å². The molecule has 2 rings (SSSR count). The lowest BCUT2D eigenvalue weighted by Gasteiger charge is -2.29. The number of fused-ring (bicyclic) bond motifs is 1. The first-order valence-electron chi connectivity index (χ1n) is 6.08. The summed E-state index contributed by atoms with van der Waals surface area (Å²) in [5.74, 6) is -0.123. The van der Waals surface area contributed by atoms with Crippen molar-refractivity contribution in [2.75, 3.05) is 0 Å². The summed E-state index contributed by atoms with van der Waals surface area (Å²) in [6.07, 6.45) is 3.23. The first kappa shape index (κ1) is 11.6. The van der Waals surface area contributed by atoms with Gasteiger partial charge in [-0.2, -0.15) is 0 Å². The Bertz CT molecular complexity index is 384. The van der Waals surface area contributed by atoms with Crippen LogP contribution in [0.25, 0.3) is 0 Å². The summed E-state index contributed by atoms with van der Waals surface area (Å²) in [6, 6.07) is 5.49. The van der Waals surface area contributed by atoms with Crippen molar-refractivity contribution in [1.29, 1.82) is 0 Å². The molecule has 1 N–H and O–H groups in total. The van der Waals surface area contributed by atoms with Gasteiger partial charge in [0, 0.05) is 11.6 Å². The molecule has 1 aromatic rings. The first-order valence-corrected chi connectivity index (χ1v) is 6.08. The van der Waals surface area contributed by atoms with E-state index >= 15 is 0 Å². The molecule has 0 saturated heterocycles. The van der Waals surface area contributed by atoms with Crippen LogP contribution in [0.15, 0.2) is 18.2 Å². The van der Waals surface area contributed by atoms with Gasteiger partial charge in [0.05, 0.1) is 0 Å². The quantitative estimate of drug-likeness (QED) is 0.822. The van der Waals surface area contributed by atoms with Crippen molar-refractivity contribution in [3.63, 3.8) is 0 Å². The Kier molecular flexibility index (Phi) is 3.02. The summed E-state index contributed by atoms with van der Waals surface area (Å²) >= 11 is 0. The van der Waals surface area contributed by atoms with E-state index in [4.69, 9.17) is 0 Å². The van der Waals surface area contributed by atoms with Crippen molar-refractivity contribution in [1.82, 2.24) is 5.32 Å². The van der Waals surface area contributed by atoms with Crippen LogP contribution in [0.3, 0.4) is 0 Å². The fourth-order valence-corrected chi connectivity index (χ4v) is 2.30. The van der Waals surface area contributed by atoms with Gasteiger partial charge in [0.2, 0.25) is 0 Å². The van der Waals surface area contributed by atoms with E-state index in [2.05, 4.69) is 26.1 Å². The number of hydrogen-bond acceptors (Lipinski definition) is 1. The molecule has 0 fully saturated rings. The van der Waals surface area contributed by atoms with Crippen molar-refractivity contribution in [2.45, 2.75) is 51.6 Å². The molecule has 2 heteroatoms. The minimum atomic E-state index is -0.123. The third-order valence-corrected chi connectivity index (χ3v) is 3.63. The third kappa shape index (κ3) is 2.27. The maximum atomic E-state index is 13.2. The molecule has 0 bridgehead atoms. The van der Waals surface area contributed by atoms with Crippen molar-refractivity contribution < 1.29 is 4.39 Å². The second-order valence-corrected chi connectivity index (χ2v) is 5.32. The van der Waals surface area contributed by atoms with Crippen LogP contribution in [0, 0.1) is 5.82 Å². The monoisotopic (exact) mass is 221 g/mol. The average Bonchev–Trinajstić information content (AvgIpc) is 2.61. The normalized spacial score (nSPS) is 19.9. The maximum Gasteiger partial charge on any atom is 0.123 e. The molecule has 1 nitrogen and oxygen atoms in total. The van der Waals surface area contributed by atoms with Gasteiger partial charge in [-0.05, 0) is 56.4 Å². The SMILES string of the molecule is CCC(C)(C)NC1CCc2ccc(F)cc21. The van der Waals surface area contributed by atoms with Gasteiger partial charge in [0.25, 0.3) is 0 Å². The molecule has 0 aromatic heterocycles. The largest absolute Gasteiger partial charge is 0.305 e. The highest BCUT2D eigenvalue weighted by Crippen LogP contribution is 2.33. The molecule has 0 heterocycles. The van der Waals surface area contributed by atoms with E-state index < -0.39 is 0 Å². The highest BCUT2D eigenvalue weighted by atomic mass is 19.1. The zero-order chi connectivity index (χ0) is 11.8. The van der Waals surface area contributed by atoms with Gasteiger partial charge in [-0.1, -0.05) is 13.0 Å². The lowest BCUT2D eigenvalue weighted by atomic mass is 9.98. The highest BCUT2D eigenvalue weighted by Gasteiger charge is 2.27. The number of nitrogens with one attached hydrogen (secondary N) is 1. The Morgan fingerprint density at radius 3 is 2.88 bits per heavy atom. The van der Waals surface area contributed by atoms with E-state index in [1.54, 1.807) is 12.1 Å². The van der Waals surface area contributed by atoms with E-state index in [1.165, 1.54) is 5.56 Å². The molecule has 0 radical (unpaired) electrons. The lowest BCUT2D eigenvalue weighted by Crippen LogP contribution is -2.40. The van der Waals surface area contributed by atoms with Crippen LogP contribution in [0.1, 0.15) is 50.8 Å². The van der Waals surface area contributed by atoms with Gasteiger partial charge in [-0.15, -0.1) is 0 Å². The van der Waals surface area contributed by atoms with Gasteiger partial charge >= 0.3 is 0 Å². The van der Waals surface area contributed by atoms with Crippen LogP contribution >= 0.6 is 0 Å². The average molecular weight is 221 g/mol. The molecule has 1 aromatic carbocycles. The van der Waals surface area contributed by atoms with Crippen molar-refractivity contribution in [3.8, 4) is 0 Å². The number of hydrogen-bond donors (Lipinski definition) is 1. The zero-order valence-electron chi connectivity index (χ0n) is 10.3. The number of rotatable bonds is 3. The van der Waals surface area contributed by atoms with Crippen LogP contribution in [0.2, 0.25) is 0 Å². The molecule has 0 amide bonds. The van der Waals surface area contributed by atoms with E-state index in [9.17, 15) is 4.39 Å². The summed E-state index contributed by atoms with van der Waals surface area (Å²) in [6.45, 7) is 6.57. The number of benzene rings is 1. The molecule has 0 saturated carbocycles. The van der Waals surface area contributed by atoms with E-state index in [1.807, 2.05) is 6.07 Å². The Hall–Kier alpha value is -0.890. The molecule has 1 aliphatic rings. The zero-order valence-corrected chi connectivity index (χ0v) is 10.3. The Labute approximate surface area is 97.1 Å². The predicted octanol–water partition coefficient (Wildman–Crippen LogP) is 3.59. The van der Waals surface area contributed by atoms with Gasteiger partial charge < -0.3 is 5.32 Å². The Morgan fingerprint density at radius 2 is 2.19 bits per heavy atom. The molecular weight excluding hydrogens is 201 g/mol. The number of halogens is 1. The topological polar surface area (TPSA) is 12.0 Å². The summed E-state index contributed by atoms with van der Waals surface area (Å²) < 4.78 is 13.2. The second kappa shape index (κ2) is 4.17. The Morgan fingerprint density at radius 1 is 1.44 bits per heavy atom. The molecular formula is C14H20FN. The van der Waals surface area contributed by atoms with Crippen LogP contribution in [-0.4, -0.2) is 5.54 Å². The summed E-state index contributed by atoms with van der Waals surface area (Å²) in [5, 5.41) is 3.62. The van der Waals surface area contributed by atoms with Gasteiger partial charge in [0.15, 0.2) is 0 Å². The van der Waals surface area contributed by atoms with Gasteiger partial charge in [-0.25, -0.2) is 4.39 Å². The van der Waals surface area contributed by atoms with E-state index in [0.29, 0.717) is 6.04 Å². The molecule has 1 unspecified atom stereocenters. The van der Waals surface area contributed by atoms with Crippen LogP contribution in [-0.2, 0) is 6.42 Å². The molecule has 16 heavy (non-hydrogen) atoms. The Balaban J connectivity index is 2.20. The van der Waals surface area contributed by atoms with Crippen LogP contribution in [0.5, 0.6) is 0 Å². The summed E-state index contributed by atoms with van der Waals surface area (Å²) in [4.78, 5) is 0. The molecule has 0 spiro atoms. The predicted molar refractivity (Wildman–Crippen MR) is 65.0 cm³/mol. The highest BCUT2D eigenvalue weighted by molar-refractivity contribution is 5.35. The second-order valence-electron chi connectivity index (χ2n) is 5.32. The van der Waals surface area contributed by atoms with Crippen LogP contribution < -0.4 is 5.32 Å². The molecule has 1 atom stereocenters. The molecule has 0 aliphatic heterocycles. The molecule has 1 aliphatic carbocycles. The van der Waals surface area contributed by atoms with E-state index in [0.717, 1.165) is 24.8 Å².